The Morgan fingerprint density at radius 3 is 3.38 bits per heavy atom. The van der Waals surface area contributed by atoms with Gasteiger partial charge >= 0.3 is 0 Å². The van der Waals surface area contributed by atoms with E-state index in [0.717, 1.165) is 36.8 Å². The van der Waals surface area contributed by atoms with E-state index in [1.807, 2.05) is 13.1 Å². The maximum absolute atomic E-state index is 5.30. The molecule has 0 radical (unpaired) electrons. The van der Waals surface area contributed by atoms with Gasteiger partial charge in [0.2, 0.25) is 5.95 Å². The van der Waals surface area contributed by atoms with E-state index in [9.17, 15) is 0 Å². The van der Waals surface area contributed by atoms with E-state index in [1.165, 1.54) is 0 Å². The molecule has 2 rings (SSSR count). The topological polar surface area (TPSA) is 47.0 Å². The molecule has 1 aromatic heterocycles. The maximum atomic E-state index is 5.30. The molecule has 4 heteroatoms. The van der Waals surface area contributed by atoms with Crippen LogP contribution in [0.2, 0.25) is 0 Å². The van der Waals surface area contributed by atoms with Gasteiger partial charge in [0.05, 0.1) is 18.9 Å². The summed E-state index contributed by atoms with van der Waals surface area (Å²) in [5, 5.41) is 3.09. The third-order valence-corrected chi connectivity index (χ3v) is 2.03. The number of anilines is 1. The van der Waals surface area contributed by atoms with Gasteiger partial charge in [-0.1, -0.05) is 0 Å². The SMILES string of the molecule is CCNc1ncc2c(n1)CCOC2. The van der Waals surface area contributed by atoms with E-state index < -0.39 is 0 Å². The molecule has 1 aliphatic heterocycles. The number of nitrogens with zero attached hydrogens (tertiary/aromatic N) is 2. The number of hydrogen-bond donors (Lipinski definition) is 1. The van der Waals surface area contributed by atoms with Crippen LogP contribution in [0.25, 0.3) is 0 Å². The molecule has 2 heterocycles. The zero-order valence-electron chi connectivity index (χ0n) is 7.71. The zero-order valence-corrected chi connectivity index (χ0v) is 7.71. The van der Waals surface area contributed by atoms with Crippen LogP contribution in [0.5, 0.6) is 0 Å². The van der Waals surface area contributed by atoms with Gasteiger partial charge in [-0.25, -0.2) is 9.97 Å². The van der Waals surface area contributed by atoms with Crippen LogP contribution in [-0.2, 0) is 17.8 Å². The number of fused-ring (bicyclic) bond motifs is 1. The molecule has 0 unspecified atom stereocenters. The minimum absolute atomic E-state index is 0.655. The van der Waals surface area contributed by atoms with Crippen LogP contribution < -0.4 is 5.32 Å². The maximum Gasteiger partial charge on any atom is 0.222 e. The Balaban J connectivity index is 2.24. The van der Waals surface area contributed by atoms with Gasteiger partial charge in [0.15, 0.2) is 0 Å². The number of hydrogen-bond acceptors (Lipinski definition) is 4. The number of ether oxygens (including phenoxy) is 1. The minimum atomic E-state index is 0.655. The molecule has 0 spiro atoms. The molecule has 0 saturated heterocycles. The standard InChI is InChI=1S/C9H13N3O/c1-2-10-9-11-5-7-6-13-4-3-8(7)12-9/h5H,2-4,6H2,1H3,(H,10,11,12). The molecule has 70 valence electrons. The summed E-state index contributed by atoms with van der Waals surface area (Å²) in [6.45, 7) is 4.32. The molecular formula is C9H13N3O. The van der Waals surface area contributed by atoms with Crippen LogP contribution in [0.3, 0.4) is 0 Å². The van der Waals surface area contributed by atoms with Gasteiger partial charge in [-0.3, -0.25) is 0 Å². The average molecular weight is 179 g/mol. The van der Waals surface area contributed by atoms with Crippen molar-refractivity contribution in [2.75, 3.05) is 18.5 Å². The highest BCUT2D eigenvalue weighted by molar-refractivity contribution is 5.29. The second-order valence-electron chi connectivity index (χ2n) is 3.00. The third-order valence-electron chi connectivity index (χ3n) is 2.03. The van der Waals surface area contributed by atoms with Crippen LogP contribution in [0.4, 0.5) is 5.95 Å². The van der Waals surface area contributed by atoms with Gasteiger partial charge in [-0.05, 0) is 6.92 Å². The van der Waals surface area contributed by atoms with Crippen molar-refractivity contribution in [2.24, 2.45) is 0 Å². The van der Waals surface area contributed by atoms with E-state index in [0.29, 0.717) is 6.61 Å². The van der Waals surface area contributed by atoms with Crippen molar-refractivity contribution >= 4 is 5.95 Å². The van der Waals surface area contributed by atoms with E-state index >= 15 is 0 Å². The fourth-order valence-corrected chi connectivity index (χ4v) is 1.37. The first kappa shape index (κ1) is 8.44. The van der Waals surface area contributed by atoms with Gasteiger partial charge < -0.3 is 10.1 Å². The van der Waals surface area contributed by atoms with Crippen LogP contribution >= 0.6 is 0 Å². The Kier molecular flexibility index (Phi) is 2.40. The summed E-state index contributed by atoms with van der Waals surface area (Å²) < 4.78 is 5.30. The molecule has 1 aromatic rings. The van der Waals surface area contributed by atoms with Crippen molar-refractivity contribution in [1.82, 2.24) is 9.97 Å². The molecule has 0 bridgehead atoms. The largest absolute Gasteiger partial charge is 0.376 e. The molecule has 0 saturated carbocycles. The third kappa shape index (κ3) is 1.78. The van der Waals surface area contributed by atoms with Crippen LogP contribution in [0.15, 0.2) is 6.20 Å². The summed E-state index contributed by atoms with van der Waals surface area (Å²) in [5.74, 6) is 0.725. The Labute approximate surface area is 77.4 Å². The molecular weight excluding hydrogens is 166 g/mol. The van der Waals surface area contributed by atoms with Crippen LogP contribution in [0.1, 0.15) is 18.2 Å². The zero-order chi connectivity index (χ0) is 9.10. The molecule has 0 amide bonds. The summed E-state index contributed by atoms with van der Waals surface area (Å²) in [4.78, 5) is 8.58. The quantitative estimate of drug-likeness (QED) is 0.735. The van der Waals surface area contributed by atoms with Crippen molar-refractivity contribution in [1.29, 1.82) is 0 Å². The molecule has 0 fully saturated rings. The highest BCUT2D eigenvalue weighted by Crippen LogP contribution is 2.14. The molecule has 1 N–H and O–H groups in total. The molecule has 4 nitrogen and oxygen atoms in total. The first-order valence-corrected chi connectivity index (χ1v) is 4.56. The monoisotopic (exact) mass is 179 g/mol. The lowest BCUT2D eigenvalue weighted by Gasteiger charge is -2.15. The van der Waals surface area contributed by atoms with Gasteiger partial charge in [-0.15, -0.1) is 0 Å². The smallest absolute Gasteiger partial charge is 0.222 e. The Morgan fingerprint density at radius 1 is 1.62 bits per heavy atom. The van der Waals surface area contributed by atoms with Crippen molar-refractivity contribution in [3.63, 3.8) is 0 Å². The Hall–Kier alpha value is -1.16. The van der Waals surface area contributed by atoms with Gasteiger partial charge in [0.1, 0.15) is 0 Å². The van der Waals surface area contributed by atoms with E-state index in [4.69, 9.17) is 4.74 Å². The predicted molar refractivity (Wildman–Crippen MR) is 49.6 cm³/mol. The lowest BCUT2D eigenvalue weighted by Crippen LogP contribution is -2.14. The van der Waals surface area contributed by atoms with Crippen molar-refractivity contribution in [3.8, 4) is 0 Å². The summed E-state index contributed by atoms with van der Waals surface area (Å²) in [6.07, 6.45) is 2.75. The second-order valence-corrected chi connectivity index (χ2v) is 3.00. The Bertz CT molecular complexity index is 301. The van der Waals surface area contributed by atoms with Gasteiger partial charge in [0, 0.05) is 24.7 Å². The lowest BCUT2D eigenvalue weighted by molar-refractivity contribution is 0.109. The van der Waals surface area contributed by atoms with E-state index in [2.05, 4.69) is 15.3 Å². The minimum Gasteiger partial charge on any atom is -0.376 e. The molecule has 1 aliphatic rings. The van der Waals surface area contributed by atoms with Crippen molar-refractivity contribution < 1.29 is 4.74 Å². The normalized spacial score (nSPS) is 15.2. The van der Waals surface area contributed by atoms with Crippen LogP contribution in [0, 0.1) is 0 Å². The fraction of sp³-hybridized carbons (Fsp3) is 0.556. The first-order valence-electron chi connectivity index (χ1n) is 4.56. The first-order chi connectivity index (χ1) is 6.40. The van der Waals surface area contributed by atoms with Crippen LogP contribution in [-0.4, -0.2) is 23.1 Å². The van der Waals surface area contributed by atoms with Crippen molar-refractivity contribution in [2.45, 2.75) is 20.0 Å². The van der Waals surface area contributed by atoms with E-state index in [1.54, 1.807) is 0 Å². The predicted octanol–water partition coefficient (Wildman–Crippen LogP) is 0.981. The summed E-state index contributed by atoms with van der Waals surface area (Å²) in [5.41, 5.74) is 2.24. The van der Waals surface area contributed by atoms with Gasteiger partial charge in [0.25, 0.3) is 0 Å². The number of aromatic nitrogens is 2. The summed E-state index contributed by atoms with van der Waals surface area (Å²) >= 11 is 0. The van der Waals surface area contributed by atoms with Crippen molar-refractivity contribution in [3.05, 3.63) is 17.5 Å². The van der Waals surface area contributed by atoms with Gasteiger partial charge in [-0.2, -0.15) is 0 Å². The molecule has 13 heavy (non-hydrogen) atoms. The molecule has 0 aliphatic carbocycles. The molecule has 0 aromatic carbocycles. The molecule has 0 atom stereocenters. The average Bonchev–Trinajstić information content (AvgIpc) is 2.18. The lowest BCUT2D eigenvalue weighted by atomic mass is 10.1. The van der Waals surface area contributed by atoms with E-state index in [-0.39, 0.29) is 0 Å². The fourth-order valence-electron chi connectivity index (χ4n) is 1.37. The number of nitrogens with one attached hydrogen (secondary N) is 1. The number of rotatable bonds is 2. The summed E-state index contributed by atoms with van der Waals surface area (Å²) in [7, 11) is 0. The summed E-state index contributed by atoms with van der Waals surface area (Å²) in [6, 6.07) is 0. The Morgan fingerprint density at radius 2 is 2.54 bits per heavy atom. The highest BCUT2D eigenvalue weighted by Gasteiger charge is 2.11. The highest BCUT2D eigenvalue weighted by atomic mass is 16.5. The second kappa shape index (κ2) is 3.70.